The standard InChI is InChI=1S/C32H32FN9O/c1-4-5-30(43)38-24-10-20(14-34-16-24)21-11-26-31(40-41-32(26)37-15-21)28-13-25-27(17-35-18-29(25)39-28)19-8-22(33)12-23(9-19)36-6-7-42(2)3/h8-18,36,39H,4-7H2,1-3H3,(H,38,43)(H,37,40,41). The summed E-state index contributed by atoms with van der Waals surface area (Å²) >= 11 is 0. The number of H-pyrrole nitrogens is 2. The summed E-state index contributed by atoms with van der Waals surface area (Å²) in [6, 6.07) is 10.8. The van der Waals surface area contributed by atoms with Gasteiger partial charge in [-0.05, 0) is 62.5 Å². The number of benzene rings is 1. The monoisotopic (exact) mass is 577 g/mol. The Bertz CT molecular complexity index is 1930. The minimum absolute atomic E-state index is 0.0464. The first-order chi connectivity index (χ1) is 20.9. The minimum Gasteiger partial charge on any atom is -0.384 e. The maximum atomic E-state index is 14.7. The number of halogens is 1. The summed E-state index contributed by atoms with van der Waals surface area (Å²) in [4.78, 5) is 30.9. The molecule has 0 radical (unpaired) electrons. The van der Waals surface area contributed by atoms with E-state index < -0.39 is 0 Å². The van der Waals surface area contributed by atoms with Crippen LogP contribution in [0.15, 0.2) is 67.4 Å². The number of carbonyl (C=O) groups is 1. The topological polar surface area (TPSA) is 128 Å². The van der Waals surface area contributed by atoms with Gasteiger partial charge in [0, 0.05) is 71.3 Å². The molecule has 6 rings (SSSR count). The van der Waals surface area contributed by atoms with Gasteiger partial charge >= 0.3 is 0 Å². The SMILES string of the molecule is CCCC(=O)Nc1cncc(-c2cnc3[nH]nc(-c4cc5c(-c6cc(F)cc(NCCN(C)C)c6)cncc5[nH]4)c3c2)c1. The molecule has 6 aromatic rings. The number of nitrogens with zero attached hydrogens (tertiary/aromatic N) is 5. The van der Waals surface area contributed by atoms with Crippen molar-refractivity contribution < 1.29 is 9.18 Å². The van der Waals surface area contributed by atoms with Crippen LogP contribution in [0.5, 0.6) is 0 Å². The Kier molecular flexibility index (Phi) is 7.80. The number of nitrogens with one attached hydrogen (secondary N) is 4. The third kappa shape index (κ3) is 6.07. The van der Waals surface area contributed by atoms with E-state index in [1.165, 1.54) is 12.1 Å². The lowest BCUT2D eigenvalue weighted by Gasteiger charge is -2.13. The van der Waals surface area contributed by atoms with Crippen LogP contribution in [0.1, 0.15) is 19.8 Å². The summed E-state index contributed by atoms with van der Waals surface area (Å²) in [7, 11) is 4.00. The first-order valence-electron chi connectivity index (χ1n) is 14.1. The number of aromatic amines is 2. The van der Waals surface area contributed by atoms with E-state index in [0.29, 0.717) is 35.7 Å². The number of amides is 1. The number of hydrogen-bond donors (Lipinski definition) is 4. The van der Waals surface area contributed by atoms with Crippen molar-refractivity contribution in [2.24, 2.45) is 0 Å². The van der Waals surface area contributed by atoms with Gasteiger partial charge in [-0.2, -0.15) is 5.10 Å². The first kappa shape index (κ1) is 28.0. The molecule has 0 atom stereocenters. The molecular formula is C32H32FN9O. The predicted octanol–water partition coefficient (Wildman–Crippen LogP) is 6.08. The summed E-state index contributed by atoms with van der Waals surface area (Å²) in [5.74, 6) is -0.368. The summed E-state index contributed by atoms with van der Waals surface area (Å²) in [5, 5.41) is 15.5. The molecule has 0 spiro atoms. The van der Waals surface area contributed by atoms with E-state index in [1.54, 1.807) is 31.0 Å². The summed E-state index contributed by atoms with van der Waals surface area (Å²) in [5.41, 5.74) is 7.44. The zero-order valence-corrected chi connectivity index (χ0v) is 24.2. The fourth-order valence-corrected chi connectivity index (χ4v) is 5.06. The van der Waals surface area contributed by atoms with Gasteiger partial charge in [0.05, 0.1) is 29.3 Å². The molecule has 5 heterocycles. The molecule has 0 aliphatic rings. The van der Waals surface area contributed by atoms with Crippen molar-refractivity contribution in [2.45, 2.75) is 19.8 Å². The van der Waals surface area contributed by atoms with Gasteiger partial charge in [-0.3, -0.25) is 19.9 Å². The first-order valence-corrected chi connectivity index (χ1v) is 14.1. The smallest absolute Gasteiger partial charge is 0.224 e. The number of rotatable bonds is 10. The Morgan fingerprint density at radius 3 is 2.56 bits per heavy atom. The minimum atomic E-state index is -0.321. The van der Waals surface area contributed by atoms with Crippen LogP contribution in [0.25, 0.3) is 55.6 Å². The quantitative estimate of drug-likeness (QED) is 0.155. The van der Waals surface area contributed by atoms with Crippen LogP contribution in [0.4, 0.5) is 15.8 Å². The second-order valence-electron chi connectivity index (χ2n) is 10.7. The Morgan fingerprint density at radius 2 is 1.72 bits per heavy atom. The Labute approximate surface area is 247 Å². The lowest BCUT2D eigenvalue weighted by atomic mass is 10.0. The van der Waals surface area contributed by atoms with Crippen LogP contribution in [0.2, 0.25) is 0 Å². The van der Waals surface area contributed by atoms with Gasteiger partial charge in [0.25, 0.3) is 0 Å². The summed E-state index contributed by atoms with van der Waals surface area (Å²) in [6.07, 6.45) is 9.84. The molecule has 11 heteroatoms. The molecule has 43 heavy (non-hydrogen) atoms. The molecule has 0 fully saturated rings. The lowest BCUT2D eigenvalue weighted by Crippen LogP contribution is -2.20. The molecule has 0 unspecified atom stereocenters. The van der Waals surface area contributed by atoms with Crippen LogP contribution in [-0.4, -0.2) is 68.1 Å². The van der Waals surface area contributed by atoms with E-state index in [-0.39, 0.29) is 11.7 Å². The van der Waals surface area contributed by atoms with Crippen molar-refractivity contribution in [2.75, 3.05) is 37.8 Å². The number of fused-ring (bicyclic) bond motifs is 2. The molecule has 10 nitrogen and oxygen atoms in total. The maximum absolute atomic E-state index is 14.7. The van der Waals surface area contributed by atoms with Crippen LogP contribution in [0.3, 0.4) is 0 Å². The van der Waals surface area contributed by atoms with Gasteiger partial charge in [-0.1, -0.05) is 6.92 Å². The fourth-order valence-electron chi connectivity index (χ4n) is 5.06. The van der Waals surface area contributed by atoms with E-state index in [1.807, 2.05) is 45.3 Å². The predicted molar refractivity (Wildman–Crippen MR) is 168 cm³/mol. The largest absolute Gasteiger partial charge is 0.384 e. The van der Waals surface area contributed by atoms with Crippen molar-refractivity contribution in [3.05, 3.63) is 73.2 Å². The second-order valence-corrected chi connectivity index (χ2v) is 10.7. The highest BCUT2D eigenvalue weighted by Crippen LogP contribution is 2.35. The van der Waals surface area contributed by atoms with Crippen molar-refractivity contribution in [1.82, 2.24) is 35.0 Å². The zero-order chi connectivity index (χ0) is 29.9. The summed E-state index contributed by atoms with van der Waals surface area (Å²) in [6.45, 7) is 3.49. The Morgan fingerprint density at radius 1 is 0.907 bits per heavy atom. The number of carbonyl (C=O) groups excluding carboxylic acids is 1. The molecule has 5 aromatic heterocycles. The highest BCUT2D eigenvalue weighted by Gasteiger charge is 2.16. The van der Waals surface area contributed by atoms with E-state index >= 15 is 0 Å². The highest BCUT2D eigenvalue weighted by molar-refractivity contribution is 6.01. The van der Waals surface area contributed by atoms with Crippen LogP contribution < -0.4 is 10.6 Å². The van der Waals surface area contributed by atoms with E-state index in [9.17, 15) is 9.18 Å². The average Bonchev–Trinajstić information content (AvgIpc) is 3.60. The van der Waals surface area contributed by atoms with E-state index in [4.69, 9.17) is 0 Å². The number of pyridine rings is 3. The van der Waals surface area contributed by atoms with Crippen LogP contribution in [0, 0.1) is 5.82 Å². The molecule has 1 amide bonds. The number of likely N-dealkylation sites (N-methyl/N-ethyl adjacent to an activating group) is 1. The fraction of sp³-hybridized carbons (Fsp3) is 0.219. The van der Waals surface area contributed by atoms with Gasteiger partial charge in [0.2, 0.25) is 5.91 Å². The molecule has 1 aromatic carbocycles. The van der Waals surface area contributed by atoms with Crippen molar-refractivity contribution in [3.63, 3.8) is 0 Å². The Balaban J connectivity index is 1.35. The van der Waals surface area contributed by atoms with E-state index in [0.717, 1.165) is 57.2 Å². The van der Waals surface area contributed by atoms with Gasteiger partial charge in [-0.25, -0.2) is 9.37 Å². The molecule has 0 saturated carbocycles. The Hall–Kier alpha value is -5.16. The van der Waals surface area contributed by atoms with Gasteiger partial charge in [0.15, 0.2) is 5.65 Å². The van der Waals surface area contributed by atoms with Crippen molar-refractivity contribution in [1.29, 1.82) is 0 Å². The van der Waals surface area contributed by atoms with E-state index in [2.05, 4.69) is 45.7 Å². The normalized spacial score (nSPS) is 11.5. The van der Waals surface area contributed by atoms with Gasteiger partial charge < -0.3 is 20.5 Å². The average molecular weight is 578 g/mol. The third-order valence-corrected chi connectivity index (χ3v) is 7.15. The highest BCUT2D eigenvalue weighted by atomic mass is 19.1. The zero-order valence-electron chi connectivity index (χ0n) is 24.2. The van der Waals surface area contributed by atoms with Crippen molar-refractivity contribution >= 4 is 39.2 Å². The molecule has 0 bridgehead atoms. The van der Waals surface area contributed by atoms with Gasteiger partial charge in [0.1, 0.15) is 11.5 Å². The molecule has 0 aliphatic heterocycles. The molecule has 218 valence electrons. The second kappa shape index (κ2) is 12.0. The number of anilines is 2. The maximum Gasteiger partial charge on any atom is 0.224 e. The summed E-state index contributed by atoms with van der Waals surface area (Å²) < 4.78 is 14.7. The van der Waals surface area contributed by atoms with Crippen molar-refractivity contribution in [3.8, 4) is 33.6 Å². The number of aromatic nitrogens is 6. The molecule has 4 N–H and O–H groups in total. The van der Waals surface area contributed by atoms with Gasteiger partial charge in [-0.15, -0.1) is 0 Å². The van der Waals surface area contributed by atoms with Crippen LogP contribution in [-0.2, 0) is 4.79 Å². The third-order valence-electron chi connectivity index (χ3n) is 7.15. The molecular weight excluding hydrogens is 545 g/mol. The van der Waals surface area contributed by atoms with Crippen LogP contribution >= 0.6 is 0 Å². The molecule has 0 saturated heterocycles. The number of hydrogen-bond acceptors (Lipinski definition) is 7. The molecule has 0 aliphatic carbocycles. The lowest BCUT2D eigenvalue weighted by molar-refractivity contribution is -0.116.